The zero-order valence-electron chi connectivity index (χ0n) is 19.1. The number of hydrogen-bond donors (Lipinski definition) is 0. The second-order valence-electron chi connectivity index (χ2n) is 9.67. The Morgan fingerprint density at radius 3 is 2.36 bits per heavy atom. The first kappa shape index (κ1) is 20.1. The summed E-state index contributed by atoms with van der Waals surface area (Å²) in [4.78, 5) is 16.0. The first-order valence-electron chi connectivity index (χ1n) is 11.4. The van der Waals surface area contributed by atoms with Crippen molar-refractivity contribution in [1.82, 2.24) is 0 Å². The molecule has 4 atom stereocenters. The molecule has 0 unspecified atom stereocenters. The molecular weight excluding hydrogens is 410 g/mol. The second kappa shape index (κ2) is 6.74. The van der Waals surface area contributed by atoms with Gasteiger partial charge in [-0.2, -0.15) is 0 Å². The molecule has 0 bridgehead atoms. The predicted octanol–water partition coefficient (Wildman–Crippen LogP) is 5.48. The number of nitrogens with zero attached hydrogens (tertiary/aromatic N) is 1. The van der Waals surface area contributed by atoms with Gasteiger partial charge in [-0.3, -0.25) is 4.79 Å². The van der Waals surface area contributed by atoms with Crippen molar-refractivity contribution in [2.45, 2.75) is 24.9 Å². The number of carbonyl (C=O) groups excluding carboxylic acids is 1. The Labute approximate surface area is 194 Å². The molecule has 0 N–H and O–H groups in total. The summed E-state index contributed by atoms with van der Waals surface area (Å²) >= 11 is 0. The molecule has 2 fully saturated rings. The highest BCUT2D eigenvalue weighted by molar-refractivity contribution is 6.04. The van der Waals surface area contributed by atoms with Gasteiger partial charge in [0.1, 0.15) is 11.5 Å². The summed E-state index contributed by atoms with van der Waals surface area (Å²) in [7, 11) is 1.65. The van der Waals surface area contributed by atoms with Gasteiger partial charge in [0.05, 0.1) is 19.1 Å². The Morgan fingerprint density at radius 1 is 0.939 bits per heavy atom. The van der Waals surface area contributed by atoms with Crippen LogP contribution < -0.4 is 14.4 Å². The molecule has 4 heteroatoms. The van der Waals surface area contributed by atoms with Gasteiger partial charge in [-0.15, -0.1) is 0 Å². The molecule has 33 heavy (non-hydrogen) atoms. The number of para-hydroxylation sites is 1. The maximum atomic E-state index is 14.1. The minimum absolute atomic E-state index is 0.00426. The van der Waals surface area contributed by atoms with Gasteiger partial charge in [0.15, 0.2) is 5.60 Å². The average Bonchev–Trinajstić information content (AvgIpc) is 3.20. The van der Waals surface area contributed by atoms with Gasteiger partial charge < -0.3 is 14.4 Å². The molecule has 1 saturated carbocycles. The highest BCUT2D eigenvalue weighted by Crippen LogP contribution is 2.76. The van der Waals surface area contributed by atoms with E-state index in [1.807, 2.05) is 59.5 Å². The molecule has 6 rings (SSSR count). The van der Waals surface area contributed by atoms with E-state index in [0.717, 1.165) is 22.7 Å². The molecule has 1 amide bonds. The largest absolute Gasteiger partial charge is 0.497 e. The van der Waals surface area contributed by atoms with E-state index in [2.05, 4.69) is 50.3 Å². The van der Waals surface area contributed by atoms with Crippen LogP contribution >= 0.6 is 0 Å². The molecule has 4 nitrogen and oxygen atoms in total. The monoisotopic (exact) mass is 437 g/mol. The normalized spacial score (nSPS) is 31.5. The van der Waals surface area contributed by atoms with Gasteiger partial charge in [0, 0.05) is 22.6 Å². The zero-order valence-corrected chi connectivity index (χ0v) is 19.1. The number of ether oxygens (including phenoxy) is 2. The molecule has 1 saturated heterocycles. The lowest BCUT2D eigenvalue weighted by molar-refractivity contribution is -0.193. The van der Waals surface area contributed by atoms with Crippen LogP contribution in [0.3, 0.4) is 0 Å². The van der Waals surface area contributed by atoms with Crippen LogP contribution in [-0.4, -0.2) is 25.2 Å². The molecule has 3 aliphatic rings. The molecule has 0 aromatic heterocycles. The highest BCUT2D eigenvalue weighted by Gasteiger charge is 2.86. The van der Waals surface area contributed by atoms with Gasteiger partial charge >= 0.3 is 0 Å². The summed E-state index contributed by atoms with van der Waals surface area (Å²) in [5, 5.41) is 0. The molecule has 3 aromatic carbocycles. The van der Waals surface area contributed by atoms with Crippen molar-refractivity contribution in [1.29, 1.82) is 0 Å². The quantitative estimate of drug-likeness (QED) is 0.543. The van der Waals surface area contributed by atoms with Gasteiger partial charge in [-0.05, 0) is 42.8 Å². The summed E-state index contributed by atoms with van der Waals surface area (Å²) in [5.74, 6) is 1.78. The van der Waals surface area contributed by atoms with E-state index in [9.17, 15) is 4.79 Å². The minimum atomic E-state index is -0.675. The highest BCUT2D eigenvalue weighted by atomic mass is 16.5. The molecule has 1 spiro atoms. The number of fused-ring (bicyclic) bond motifs is 2. The molecular formula is C29H27NO3. The van der Waals surface area contributed by atoms with Crippen LogP contribution in [0.1, 0.15) is 25.0 Å². The van der Waals surface area contributed by atoms with Crippen LogP contribution in [0.5, 0.6) is 11.5 Å². The van der Waals surface area contributed by atoms with Crippen molar-refractivity contribution in [2.75, 3.05) is 18.6 Å². The lowest BCUT2D eigenvalue weighted by atomic mass is 9.37. The molecule has 0 radical (unpaired) electrons. The summed E-state index contributed by atoms with van der Waals surface area (Å²) in [5.41, 5.74) is 1.60. The van der Waals surface area contributed by atoms with Crippen molar-refractivity contribution in [3.8, 4) is 11.5 Å². The van der Waals surface area contributed by atoms with E-state index in [0.29, 0.717) is 6.54 Å². The zero-order chi connectivity index (χ0) is 22.8. The van der Waals surface area contributed by atoms with Crippen LogP contribution in [0.25, 0.3) is 6.08 Å². The summed E-state index contributed by atoms with van der Waals surface area (Å²) in [6.07, 6.45) is 4.38. The molecule has 2 heterocycles. The number of methoxy groups -OCH3 is 1. The fraction of sp³-hybridized carbons (Fsp3) is 0.276. The van der Waals surface area contributed by atoms with Gasteiger partial charge in [-0.1, -0.05) is 67.6 Å². The summed E-state index contributed by atoms with van der Waals surface area (Å²) in [6.45, 7) is 4.88. The minimum Gasteiger partial charge on any atom is -0.497 e. The van der Waals surface area contributed by atoms with Crippen molar-refractivity contribution >= 4 is 17.7 Å². The Morgan fingerprint density at radius 2 is 1.64 bits per heavy atom. The van der Waals surface area contributed by atoms with Crippen LogP contribution in [0.4, 0.5) is 5.69 Å². The fourth-order valence-corrected chi connectivity index (χ4v) is 6.68. The maximum Gasteiger partial charge on any atom is 0.237 e. The number of amides is 1. The van der Waals surface area contributed by atoms with Crippen LogP contribution in [-0.2, 0) is 10.2 Å². The van der Waals surface area contributed by atoms with Crippen molar-refractivity contribution in [3.05, 3.63) is 96.1 Å². The lowest BCUT2D eigenvalue weighted by Gasteiger charge is -2.64. The SMILES string of the molecule is COc1ccc(N2C[C@@]34Oc5ccccc5[C@]3(C)[C@H](/C=C/c3ccccc3)[C@@]4(C)C2=O)cc1. The molecule has 3 aromatic rings. The topological polar surface area (TPSA) is 38.8 Å². The van der Waals surface area contributed by atoms with E-state index < -0.39 is 11.0 Å². The Bertz CT molecular complexity index is 1270. The first-order valence-corrected chi connectivity index (χ1v) is 11.4. The lowest BCUT2D eigenvalue weighted by Crippen LogP contribution is -2.77. The fourth-order valence-electron chi connectivity index (χ4n) is 6.68. The molecule has 166 valence electrons. The molecule has 2 aliphatic heterocycles. The number of hydrogen-bond acceptors (Lipinski definition) is 3. The third kappa shape index (κ3) is 2.33. The van der Waals surface area contributed by atoms with Gasteiger partial charge in [0.2, 0.25) is 5.91 Å². The van der Waals surface area contributed by atoms with Crippen LogP contribution in [0.2, 0.25) is 0 Å². The van der Waals surface area contributed by atoms with E-state index >= 15 is 0 Å². The number of carbonyl (C=O) groups is 1. The summed E-state index contributed by atoms with van der Waals surface area (Å²) < 4.78 is 12.1. The first-order chi connectivity index (χ1) is 16.0. The standard InChI is InChI=1S/C29H27NO3/c1-27-23-11-7-8-12-24(23)33-29(27)19-30(21-14-16-22(32-3)17-15-21)26(31)28(29,2)25(27)18-13-20-9-5-4-6-10-20/h4-18,25H,19H2,1-3H3/b18-13+/t25-,27+,28-,29+/m0/s1. The number of anilines is 1. The number of allylic oxidation sites excluding steroid dienone is 1. The van der Waals surface area contributed by atoms with Gasteiger partial charge in [-0.25, -0.2) is 0 Å². The third-order valence-corrected chi connectivity index (χ3v) is 8.39. The third-order valence-electron chi connectivity index (χ3n) is 8.39. The Kier molecular flexibility index (Phi) is 4.10. The van der Waals surface area contributed by atoms with E-state index in [1.165, 1.54) is 5.56 Å². The predicted molar refractivity (Wildman–Crippen MR) is 130 cm³/mol. The Balaban J connectivity index is 1.47. The second-order valence-corrected chi connectivity index (χ2v) is 9.67. The smallest absolute Gasteiger partial charge is 0.237 e. The van der Waals surface area contributed by atoms with Crippen molar-refractivity contribution in [3.63, 3.8) is 0 Å². The van der Waals surface area contributed by atoms with E-state index in [4.69, 9.17) is 9.47 Å². The maximum absolute atomic E-state index is 14.1. The number of benzene rings is 3. The van der Waals surface area contributed by atoms with E-state index in [-0.39, 0.29) is 17.2 Å². The van der Waals surface area contributed by atoms with Crippen LogP contribution in [0.15, 0.2) is 84.9 Å². The number of rotatable bonds is 4. The average molecular weight is 438 g/mol. The van der Waals surface area contributed by atoms with Crippen LogP contribution in [0, 0.1) is 11.3 Å². The van der Waals surface area contributed by atoms with Crippen molar-refractivity contribution < 1.29 is 14.3 Å². The summed E-state index contributed by atoms with van der Waals surface area (Å²) in [6, 6.07) is 26.2. The van der Waals surface area contributed by atoms with Crippen molar-refractivity contribution in [2.24, 2.45) is 11.3 Å². The molecule has 1 aliphatic carbocycles. The van der Waals surface area contributed by atoms with Gasteiger partial charge in [0.25, 0.3) is 0 Å². The van der Waals surface area contributed by atoms with E-state index in [1.54, 1.807) is 7.11 Å². The Hall–Kier alpha value is -3.53.